The minimum absolute atomic E-state index is 0.0760. The van der Waals surface area contributed by atoms with Gasteiger partial charge in [-0.15, -0.1) is 0 Å². The summed E-state index contributed by atoms with van der Waals surface area (Å²) in [6.07, 6.45) is 0.581. The molecule has 0 aromatic heterocycles. The van der Waals surface area contributed by atoms with Gasteiger partial charge in [-0.25, -0.2) is 0 Å². The number of ketones is 1. The zero-order valence-electron chi connectivity index (χ0n) is 15.2. The van der Waals surface area contributed by atoms with Crippen molar-refractivity contribution in [3.63, 3.8) is 0 Å². The molecule has 0 aliphatic carbocycles. The highest BCUT2D eigenvalue weighted by atomic mass is 79.9. The molecule has 5 nitrogen and oxygen atoms in total. The van der Waals surface area contributed by atoms with Crippen LogP contribution in [0, 0.1) is 0 Å². The Morgan fingerprint density at radius 1 is 1.14 bits per heavy atom. The molecule has 1 atom stereocenters. The maximum absolute atomic E-state index is 12.8. The number of Topliss-reactive ketones (excluding diaryl/α,β-unsaturated/α-hetero) is 1. The van der Waals surface area contributed by atoms with Crippen LogP contribution in [0.15, 0.2) is 58.6 Å². The molecule has 2 aromatic rings. The summed E-state index contributed by atoms with van der Waals surface area (Å²) in [6, 6.07) is 13.2. The number of carbonyl (C=O) groups excluding carboxylic acids is 2. The third kappa shape index (κ3) is 4.14. The number of aliphatic hydroxyl groups excluding tert-OH is 1. The Balaban J connectivity index is 2.10. The maximum Gasteiger partial charge on any atom is 0.295 e. The van der Waals surface area contributed by atoms with Crippen LogP contribution in [-0.4, -0.2) is 42.0 Å². The molecule has 28 heavy (non-hydrogen) atoms. The first-order valence-corrected chi connectivity index (χ1v) is 9.90. The van der Waals surface area contributed by atoms with E-state index in [2.05, 4.69) is 15.9 Å². The number of benzene rings is 2. The van der Waals surface area contributed by atoms with E-state index in [1.807, 2.05) is 24.3 Å². The zero-order valence-corrected chi connectivity index (χ0v) is 17.5. The highest BCUT2D eigenvalue weighted by Gasteiger charge is 2.45. The summed E-state index contributed by atoms with van der Waals surface area (Å²) >= 11 is 9.31. The average molecular weight is 465 g/mol. The molecule has 1 amide bonds. The topological polar surface area (TPSA) is 66.8 Å². The van der Waals surface area contributed by atoms with Gasteiger partial charge in [0.05, 0.1) is 11.6 Å². The molecule has 1 aliphatic heterocycles. The lowest BCUT2D eigenvalue weighted by atomic mass is 9.95. The van der Waals surface area contributed by atoms with Crippen LogP contribution in [0.2, 0.25) is 5.02 Å². The Morgan fingerprint density at radius 3 is 2.39 bits per heavy atom. The van der Waals surface area contributed by atoms with Gasteiger partial charge in [0.1, 0.15) is 5.76 Å². The largest absolute Gasteiger partial charge is 0.507 e. The van der Waals surface area contributed by atoms with E-state index in [4.69, 9.17) is 16.3 Å². The average Bonchev–Trinajstić information content (AvgIpc) is 2.94. The predicted octanol–water partition coefficient (Wildman–Crippen LogP) is 4.56. The van der Waals surface area contributed by atoms with E-state index < -0.39 is 17.7 Å². The first kappa shape index (κ1) is 20.6. The molecule has 0 radical (unpaired) electrons. The second-order valence-corrected chi connectivity index (χ2v) is 7.75. The van der Waals surface area contributed by atoms with Crippen molar-refractivity contribution in [2.45, 2.75) is 12.5 Å². The van der Waals surface area contributed by atoms with Gasteiger partial charge < -0.3 is 14.7 Å². The van der Waals surface area contributed by atoms with E-state index in [0.29, 0.717) is 30.2 Å². The minimum atomic E-state index is -0.696. The van der Waals surface area contributed by atoms with Crippen LogP contribution < -0.4 is 0 Å². The van der Waals surface area contributed by atoms with Crippen molar-refractivity contribution in [1.29, 1.82) is 0 Å². The number of amides is 1. The summed E-state index contributed by atoms with van der Waals surface area (Å²) in [6.45, 7) is 0.809. The van der Waals surface area contributed by atoms with Gasteiger partial charge in [-0.1, -0.05) is 39.7 Å². The van der Waals surface area contributed by atoms with E-state index in [-0.39, 0.29) is 11.3 Å². The number of carbonyl (C=O) groups is 2. The number of likely N-dealkylation sites (tertiary alicyclic amines) is 1. The lowest BCUT2D eigenvalue weighted by molar-refractivity contribution is -0.140. The van der Waals surface area contributed by atoms with Crippen LogP contribution in [0.5, 0.6) is 0 Å². The monoisotopic (exact) mass is 463 g/mol. The molecule has 3 rings (SSSR count). The fourth-order valence-electron chi connectivity index (χ4n) is 3.24. The fraction of sp³-hybridized carbons (Fsp3) is 0.238. The van der Waals surface area contributed by atoms with Gasteiger partial charge in [0.2, 0.25) is 0 Å². The molecule has 1 aliphatic rings. The number of hydrogen-bond acceptors (Lipinski definition) is 4. The minimum Gasteiger partial charge on any atom is -0.507 e. The number of ether oxygens (including phenoxy) is 1. The van der Waals surface area contributed by atoms with Crippen LogP contribution >= 0.6 is 27.5 Å². The molecule has 1 saturated heterocycles. The van der Waals surface area contributed by atoms with Gasteiger partial charge in [-0.3, -0.25) is 9.59 Å². The molecule has 2 aromatic carbocycles. The molecule has 1 N–H and O–H groups in total. The van der Waals surface area contributed by atoms with Gasteiger partial charge in [-0.2, -0.15) is 0 Å². The third-order valence-corrected chi connectivity index (χ3v) is 5.37. The van der Waals surface area contributed by atoms with E-state index in [0.717, 1.165) is 10.0 Å². The van der Waals surface area contributed by atoms with Crippen LogP contribution in [-0.2, 0) is 14.3 Å². The molecular formula is C21H19BrClNO4. The van der Waals surface area contributed by atoms with Crippen LogP contribution in [0.25, 0.3) is 5.76 Å². The van der Waals surface area contributed by atoms with Gasteiger partial charge in [0, 0.05) is 35.3 Å². The lowest BCUT2D eigenvalue weighted by Gasteiger charge is -2.25. The lowest BCUT2D eigenvalue weighted by Crippen LogP contribution is -2.31. The van der Waals surface area contributed by atoms with Gasteiger partial charge in [0.15, 0.2) is 0 Å². The Bertz CT molecular complexity index is 909. The first-order valence-electron chi connectivity index (χ1n) is 8.72. The number of aliphatic hydroxyl groups is 1. The van der Waals surface area contributed by atoms with Crippen molar-refractivity contribution in [1.82, 2.24) is 4.90 Å². The molecule has 1 heterocycles. The van der Waals surface area contributed by atoms with Crippen molar-refractivity contribution in [2.24, 2.45) is 0 Å². The van der Waals surface area contributed by atoms with E-state index >= 15 is 0 Å². The molecule has 0 spiro atoms. The number of hydrogen-bond donors (Lipinski definition) is 1. The number of rotatable bonds is 6. The van der Waals surface area contributed by atoms with Gasteiger partial charge in [0.25, 0.3) is 11.7 Å². The summed E-state index contributed by atoms with van der Waals surface area (Å²) in [4.78, 5) is 27.0. The van der Waals surface area contributed by atoms with Crippen molar-refractivity contribution >= 4 is 45.0 Å². The van der Waals surface area contributed by atoms with Crippen LogP contribution in [0.3, 0.4) is 0 Å². The maximum atomic E-state index is 12.8. The number of methoxy groups -OCH3 is 1. The van der Waals surface area contributed by atoms with Crippen molar-refractivity contribution in [3.8, 4) is 0 Å². The summed E-state index contributed by atoms with van der Waals surface area (Å²) in [7, 11) is 1.58. The molecule has 146 valence electrons. The summed E-state index contributed by atoms with van der Waals surface area (Å²) in [5.74, 6) is -1.53. The van der Waals surface area contributed by atoms with E-state index in [9.17, 15) is 14.7 Å². The van der Waals surface area contributed by atoms with Crippen molar-refractivity contribution < 1.29 is 19.4 Å². The SMILES string of the molecule is COCCCN1C(=O)C(=O)C(=C(O)c2ccc(Cl)cc2)C1c1ccc(Br)cc1. The second-order valence-electron chi connectivity index (χ2n) is 6.40. The quantitative estimate of drug-likeness (QED) is 0.294. The van der Waals surface area contributed by atoms with Crippen LogP contribution in [0.4, 0.5) is 0 Å². The third-order valence-electron chi connectivity index (χ3n) is 4.59. The first-order chi connectivity index (χ1) is 13.4. The molecule has 0 saturated carbocycles. The molecule has 0 bridgehead atoms. The Kier molecular flexibility index (Phi) is 6.54. The Labute approximate surface area is 176 Å². The highest BCUT2D eigenvalue weighted by Crippen LogP contribution is 2.39. The Morgan fingerprint density at radius 2 is 1.79 bits per heavy atom. The molecular weight excluding hydrogens is 446 g/mol. The number of halogens is 2. The van der Waals surface area contributed by atoms with Crippen molar-refractivity contribution in [3.05, 3.63) is 74.7 Å². The smallest absolute Gasteiger partial charge is 0.295 e. The standard InChI is InChI=1S/C21H19BrClNO4/c1-28-12-2-11-24-18(13-3-7-15(22)8-4-13)17(20(26)21(24)27)19(25)14-5-9-16(23)10-6-14/h3-10,18,25H,2,11-12H2,1H3. The number of nitrogens with zero attached hydrogens (tertiary/aromatic N) is 1. The normalized spacial score (nSPS) is 18.7. The Hall–Kier alpha value is -2.15. The summed E-state index contributed by atoms with van der Waals surface area (Å²) in [5, 5.41) is 11.4. The zero-order chi connectivity index (χ0) is 20.3. The van der Waals surface area contributed by atoms with E-state index in [1.165, 1.54) is 4.90 Å². The fourth-order valence-corrected chi connectivity index (χ4v) is 3.64. The molecule has 1 unspecified atom stereocenters. The second kappa shape index (κ2) is 8.90. The van der Waals surface area contributed by atoms with Crippen LogP contribution in [0.1, 0.15) is 23.6 Å². The van der Waals surface area contributed by atoms with Gasteiger partial charge in [-0.05, 0) is 48.4 Å². The molecule has 7 heteroatoms. The predicted molar refractivity (Wildman–Crippen MR) is 111 cm³/mol. The summed E-state index contributed by atoms with van der Waals surface area (Å²) < 4.78 is 5.95. The summed E-state index contributed by atoms with van der Waals surface area (Å²) in [5.41, 5.74) is 1.25. The van der Waals surface area contributed by atoms with E-state index in [1.54, 1.807) is 31.4 Å². The van der Waals surface area contributed by atoms with Gasteiger partial charge >= 0.3 is 0 Å². The highest BCUT2D eigenvalue weighted by molar-refractivity contribution is 9.10. The van der Waals surface area contributed by atoms with Crippen molar-refractivity contribution in [2.75, 3.05) is 20.3 Å². The molecule has 1 fully saturated rings.